The van der Waals surface area contributed by atoms with Gasteiger partial charge >= 0.3 is 0 Å². The third kappa shape index (κ3) is 2.76. The van der Waals surface area contributed by atoms with Gasteiger partial charge in [0.25, 0.3) is 5.91 Å². The van der Waals surface area contributed by atoms with Crippen LogP contribution in [0.4, 0.5) is 0 Å². The third-order valence-corrected chi connectivity index (χ3v) is 4.39. The van der Waals surface area contributed by atoms with Crippen molar-refractivity contribution < 1.29 is 14.3 Å². The maximum Gasteiger partial charge on any atom is 0.259 e. The molecule has 0 radical (unpaired) electrons. The predicted molar refractivity (Wildman–Crippen MR) is 83.5 cm³/mol. The van der Waals surface area contributed by atoms with Crippen LogP contribution in [0.15, 0.2) is 41.0 Å². The Kier molecular flexibility index (Phi) is 3.98. The number of carbonyl (C=O) groups excluding carboxylic acids is 1. The quantitative estimate of drug-likeness (QED) is 0.925. The van der Waals surface area contributed by atoms with Crippen molar-refractivity contribution in [2.75, 3.05) is 6.54 Å². The Morgan fingerprint density at radius 1 is 1.32 bits per heavy atom. The van der Waals surface area contributed by atoms with E-state index in [1.807, 2.05) is 6.07 Å². The van der Waals surface area contributed by atoms with Crippen molar-refractivity contribution in [1.82, 2.24) is 4.90 Å². The molecule has 1 aromatic heterocycles. The van der Waals surface area contributed by atoms with Gasteiger partial charge in [0.1, 0.15) is 5.76 Å². The largest absolute Gasteiger partial charge is 0.469 e. The topological polar surface area (TPSA) is 53.7 Å². The Labute approximate surface area is 134 Å². The molecular weight excluding hydrogens is 302 g/mol. The molecule has 0 bridgehead atoms. The summed E-state index contributed by atoms with van der Waals surface area (Å²) in [4.78, 5) is 14.5. The molecule has 0 fully saturated rings. The number of aryl methyl sites for hydroxylation is 1. The maximum absolute atomic E-state index is 12.8. The molecule has 0 aliphatic carbocycles. The monoisotopic (exact) mass is 319 g/mol. The molecule has 1 aromatic carbocycles. The maximum atomic E-state index is 12.8. The highest BCUT2D eigenvalue weighted by atomic mass is 35.5. The second-order valence-corrected chi connectivity index (χ2v) is 6.21. The van der Waals surface area contributed by atoms with Crippen LogP contribution in [0.1, 0.15) is 30.2 Å². The highest BCUT2D eigenvalue weighted by molar-refractivity contribution is 6.30. The van der Waals surface area contributed by atoms with Crippen LogP contribution in [0.3, 0.4) is 0 Å². The SMILES string of the molecule is CC(O)(C(=O)N1CCCc2occc2C1)c1ccc(Cl)cc1. The van der Waals surface area contributed by atoms with Gasteiger partial charge in [-0.05, 0) is 37.1 Å². The van der Waals surface area contributed by atoms with Gasteiger partial charge in [-0.1, -0.05) is 23.7 Å². The van der Waals surface area contributed by atoms with Gasteiger partial charge in [-0.3, -0.25) is 4.79 Å². The predicted octanol–water partition coefficient (Wildman–Crippen LogP) is 3.12. The summed E-state index contributed by atoms with van der Waals surface area (Å²) in [5.74, 6) is 0.630. The summed E-state index contributed by atoms with van der Waals surface area (Å²) in [6.45, 7) is 2.60. The Balaban J connectivity index is 1.84. The van der Waals surface area contributed by atoms with Crippen LogP contribution < -0.4 is 0 Å². The standard InChI is InChI=1S/C17H18ClNO3/c1-17(21,13-4-6-14(18)7-5-13)16(20)19-9-2-3-15-12(11-19)8-10-22-15/h4-8,10,21H,2-3,9,11H2,1H3. The molecule has 1 unspecified atom stereocenters. The van der Waals surface area contributed by atoms with Crippen LogP contribution in [-0.2, 0) is 23.4 Å². The Morgan fingerprint density at radius 3 is 2.77 bits per heavy atom. The van der Waals surface area contributed by atoms with Crippen LogP contribution in [0.25, 0.3) is 0 Å². The minimum Gasteiger partial charge on any atom is -0.469 e. The molecule has 1 atom stereocenters. The number of hydrogen-bond acceptors (Lipinski definition) is 3. The summed E-state index contributed by atoms with van der Waals surface area (Å²) in [7, 11) is 0. The number of halogens is 1. The number of fused-ring (bicyclic) bond motifs is 1. The first-order valence-corrected chi connectivity index (χ1v) is 7.69. The number of furan rings is 1. The van der Waals surface area contributed by atoms with Gasteiger partial charge in [0.2, 0.25) is 0 Å². The second kappa shape index (κ2) is 5.78. The molecule has 2 aromatic rings. The molecule has 22 heavy (non-hydrogen) atoms. The molecular formula is C17H18ClNO3. The molecule has 1 aliphatic heterocycles. The average molecular weight is 320 g/mol. The lowest BCUT2D eigenvalue weighted by atomic mass is 9.94. The molecule has 2 heterocycles. The number of nitrogens with zero attached hydrogens (tertiary/aromatic N) is 1. The van der Waals surface area contributed by atoms with Crippen LogP contribution in [-0.4, -0.2) is 22.5 Å². The molecule has 4 nitrogen and oxygen atoms in total. The van der Waals surface area contributed by atoms with Gasteiger partial charge < -0.3 is 14.4 Å². The molecule has 0 saturated carbocycles. The van der Waals surface area contributed by atoms with E-state index in [4.69, 9.17) is 16.0 Å². The lowest BCUT2D eigenvalue weighted by Gasteiger charge is -2.30. The zero-order chi connectivity index (χ0) is 15.7. The lowest BCUT2D eigenvalue weighted by molar-refractivity contribution is -0.151. The van der Waals surface area contributed by atoms with Crippen molar-refractivity contribution in [1.29, 1.82) is 0 Å². The third-order valence-electron chi connectivity index (χ3n) is 4.14. The van der Waals surface area contributed by atoms with Crippen molar-refractivity contribution in [3.05, 3.63) is 58.5 Å². The van der Waals surface area contributed by atoms with Gasteiger partial charge in [-0.25, -0.2) is 0 Å². The first-order valence-electron chi connectivity index (χ1n) is 7.31. The highest BCUT2D eigenvalue weighted by Crippen LogP contribution is 2.28. The lowest BCUT2D eigenvalue weighted by Crippen LogP contribution is -2.44. The number of rotatable bonds is 2. The van der Waals surface area contributed by atoms with E-state index in [9.17, 15) is 9.90 Å². The molecule has 1 N–H and O–H groups in total. The summed E-state index contributed by atoms with van der Waals surface area (Å²) in [5, 5.41) is 11.3. The fourth-order valence-electron chi connectivity index (χ4n) is 2.82. The van der Waals surface area contributed by atoms with Gasteiger partial charge in [-0.15, -0.1) is 0 Å². The van der Waals surface area contributed by atoms with Gasteiger partial charge in [-0.2, -0.15) is 0 Å². The van der Waals surface area contributed by atoms with Crippen LogP contribution in [0.2, 0.25) is 5.02 Å². The summed E-state index contributed by atoms with van der Waals surface area (Å²) in [5.41, 5.74) is -0.0185. The van der Waals surface area contributed by atoms with E-state index in [0.717, 1.165) is 24.2 Å². The molecule has 5 heteroatoms. The van der Waals surface area contributed by atoms with Crippen molar-refractivity contribution in [3.8, 4) is 0 Å². The zero-order valence-electron chi connectivity index (χ0n) is 12.4. The van der Waals surface area contributed by atoms with Crippen molar-refractivity contribution >= 4 is 17.5 Å². The number of benzene rings is 1. The Morgan fingerprint density at radius 2 is 2.05 bits per heavy atom. The van der Waals surface area contributed by atoms with Gasteiger partial charge in [0.15, 0.2) is 5.60 Å². The van der Waals surface area contributed by atoms with E-state index < -0.39 is 5.60 Å². The second-order valence-electron chi connectivity index (χ2n) is 5.78. The van der Waals surface area contributed by atoms with Crippen molar-refractivity contribution in [3.63, 3.8) is 0 Å². The van der Waals surface area contributed by atoms with E-state index in [1.54, 1.807) is 35.4 Å². The van der Waals surface area contributed by atoms with Gasteiger partial charge in [0, 0.05) is 30.1 Å². The Hall–Kier alpha value is -1.78. The molecule has 1 aliphatic rings. The summed E-state index contributed by atoms with van der Waals surface area (Å²) in [6.07, 6.45) is 3.29. The number of carbonyl (C=O) groups is 1. The number of hydrogen-bond donors (Lipinski definition) is 1. The smallest absolute Gasteiger partial charge is 0.259 e. The first-order chi connectivity index (χ1) is 10.5. The minimum absolute atomic E-state index is 0.302. The van der Waals surface area contributed by atoms with Crippen LogP contribution >= 0.6 is 11.6 Å². The fourth-order valence-corrected chi connectivity index (χ4v) is 2.95. The summed E-state index contributed by atoms with van der Waals surface area (Å²) >= 11 is 5.87. The van der Waals surface area contributed by atoms with Crippen molar-refractivity contribution in [2.24, 2.45) is 0 Å². The normalized spacial score (nSPS) is 17.5. The summed E-state index contributed by atoms with van der Waals surface area (Å²) in [6, 6.07) is 8.60. The molecule has 0 spiro atoms. The first kappa shape index (κ1) is 15.1. The fraction of sp³-hybridized carbons (Fsp3) is 0.353. The zero-order valence-corrected chi connectivity index (χ0v) is 13.1. The van der Waals surface area contributed by atoms with E-state index >= 15 is 0 Å². The van der Waals surface area contributed by atoms with Crippen LogP contribution in [0.5, 0.6) is 0 Å². The Bertz CT molecular complexity index is 675. The molecule has 116 valence electrons. The minimum atomic E-state index is -1.57. The van der Waals surface area contributed by atoms with Gasteiger partial charge in [0.05, 0.1) is 6.26 Å². The number of amides is 1. The van der Waals surface area contributed by atoms with E-state index in [1.165, 1.54) is 6.92 Å². The van der Waals surface area contributed by atoms with E-state index in [-0.39, 0.29) is 5.91 Å². The molecule has 3 rings (SSSR count). The van der Waals surface area contributed by atoms with E-state index in [2.05, 4.69) is 0 Å². The molecule has 0 saturated heterocycles. The van der Waals surface area contributed by atoms with Crippen LogP contribution in [0, 0.1) is 0 Å². The average Bonchev–Trinajstić information content (AvgIpc) is 2.84. The van der Waals surface area contributed by atoms with Crippen molar-refractivity contribution in [2.45, 2.75) is 31.9 Å². The molecule has 1 amide bonds. The highest BCUT2D eigenvalue weighted by Gasteiger charge is 2.37. The number of aliphatic hydroxyl groups is 1. The summed E-state index contributed by atoms with van der Waals surface area (Å²) < 4.78 is 5.43. The van der Waals surface area contributed by atoms with E-state index in [0.29, 0.717) is 23.7 Å².